The van der Waals surface area contributed by atoms with Crippen LogP contribution in [-0.4, -0.2) is 30.7 Å². The first-order chi connectivity index (χ1) is 11.7. The molecule has 0 bridgehead atoms. The molecule has 0 radical (unpaired) electrons. The fraction of sp³-hybridized carbons (Fsp3) is 0.500. The summed E-state index contributed by atoms with van der Waals surface area (Å²) < 4.78 is 45.7. The van der Waals surface area contributed by atoms with Gasteiger partial charge in [-0.15, -0.1) is 0 Å². The predicted molar refractivity (Wildman–Crippen MR) is 92.0 cm³/mol. The maximum Gasteiger partial charge on any atom is 0.264 e. The zero-order chi connectivity index (χ0) is 18.8. The number of nitriles is 1. The van der Waals surface area contributed by atoms with Crippen LogP contribution in [0.3, 0.4) is 0 Å². The van der Waals surface area contributed by atoms with Crippen LogP contribution in [0.5, 0.6) is 0 Å². The lowest BCUT2D eigenvalue weighted by Gasteiger charge is -2.28. The van der Waals surface area contributed by atoms with Crippen molar-refractivity contribution >= 4 is 24.2 Å². The Bertz CT molecular complexity index is 724. The van der Waals surface area contributed by atoms with Gasteiger partial charge in [0.2, 0.25) is 0 Å². The Balaban J connectivity index is 2.59. The van der Waals surface area contributed by atoms with Crippen LogP contribution >= 0.6 is 12.6 Å². The van der Waals surface area contributed by atoms with E-state index >= 15 is 0 Å². The molecule has 1 unspecified atom stereocenters. The molecule has 0 aromatic heterocycles. The van der Waals surface area contributed by atoms with Crippen LogP contribution in [0.4, 0.5) is 18.9 Å². The van der Waals surface area contributed by atoms with Crippen molar-refractivity contribution in [2.24, 2.45) is 16.1 Å². The number of nitrogen functional groups attached to an aromatic ring is 1. The molecule has 1 aromatic rings. The Labute approximate surface area is 149 Å². The highest BCUT2D eigenvalue weighted by Gasteiger charge is 2.47. The normalized spacial score (nSPS) is 26.4. The van der Waals surface area contributed by atoms with Gasteiger partial charge in [0, 0.05) is 23.4 Å². The Kier molecular flexibility index (Phi) is 5.54. The van der Waals surface area contributed by atoms with Crippen molar-refractivity contribution in [3.63, 3.8) is 0 Å². The lowest BCUT2D eigenvalue weighted by Crippen LogP contribution is -2.39. The number of alkyl halides is 2. The molecule has 2 rings (SSSR count). The van der Waals surface area contributed by atoms with E-state index in [1.54, 1.807) is 0 Å². The number of aliphatic imine (C=N–C) groups is 1. The molecule has 0 saturated carbocycles. The van der Waals surface area contributed by atoms with Crippen LogP contribution in [0, 0.1) is 22.6 Å². The molecule has 5 nitrogen and oxygen atoms in total. The van der Waals surface area contributed by atoms with Crippen molar-refractivity contribution in [3.8, 4) is 6.07 Å². The second kappa shape index (κ2) is 7.14. The minimum absolute atomic E-state index is 0.0121. The van der Waals surface area contributed by atoms with Gasteiger partial charge >= 0.3 is 0 Å². The molecule has 3 atom stereocenters. The average molecular weight is 372 g/mol. The van der Waals surface area contributed by atoms with Gasteiger partial charge in [0.05, 0.1) is 12.7 Å². The smallest absolute Gasteiger partial charge is 0.264 e. The molecule has 1 aliphatic rings. The Hall–Kier alpha value is -1.92. The monoisotopic (exact) mass is 372 g/mol. The number of amidine groups is 1. The van der Waals surface area contributed by atoms with Gasteiger partial charge in [0.1, 0.15) is 28.7 Å². The van der Waals surface area contributed by atoms with Gasteiger partial charge in [-0.2, -0.15) is 17.9 Å². The summed E-state index contributed by atoms with van der Waals surface area (Å²) in [7, 11) is 0. The largest absolute Gasteiger partial charge is 0.399 e. The molecule has 136 valence electrons. The number of thiol groups is 1. The van der Waals surface area contributed by atoms with E-state index in [1.807, 2.05) is 6.07 Å². The molecule has 1 fully saturated rings. The molecule has 1 heterocycles. The summed E-state index contributed by atoms with van der Waals surface area (Å²) in [5.74, 6) is -0.716. The van der Waals surface area contributed by atoms with E-state index in [2.05, 4.69) is 17.6 Å². The topological polar surface area (TPSA) is 97.4 Å². The maximum absolute atomic E-state index is 14.4. The molecule has 1 aliphatic heterocycles. The molecule has 25 heavy (non-hydrogen) atoms. The summed E-state index contributed by atoms with van der Waals surface area (Å²) in [6, 6.07) is 5.81. The summed E-state index contributed by atoms with van der Waals surface area (Å²) >= 11 is 4.09. The number of nitrogens with two attached hydrogens (primary N) is 2. The summed E-state index contributed by atoms with van der Waals surface area (Å²) in [5, 5.41) is 9.32. The Morgan fingerprint density at radius 3 is 2.80 bits per heavy atom. The van der Waals surface area contributed by atoms with E-state index in [-0.39, 0.29) is 35.9 Å². The van der Waals surface area contributed by atoms with Crippen LogP contribution in [0.25, 0.3) is 0 Å². The summed E-state index contributed by atoms with van der Waals surface area (Å²) in [6.07, 6.45) is -4.45. The van der Waals surface area contributed by atoms with E-state index < -0.39 is 29.3 Å². The van der Waals surface area contributed by atoms with Gasteiger partial charge in [0.25, 0.3) is 6.43 Å². The number of benzene rings is 1. The minimum atomic E-state index is -2.75. The van der Waals surface area contributed by atoms with Gasteiger partial charge in [-0.05, 0) is 25.1 Å². The average Bonchev–Trinajstić information content (AvgIpc) is 3.01. The van der Waals surface area contributed by atoms with E-state index in [0.717, 1.165) is 6.07 Å². The lowest BCUT2D eigenvalue weighted by atomic mass is 9.85. The third-order valence-electron chi connectivity index (χ3n) is 4.31. The predicted octanol–water partition coefficient (Wildman–Crippen LogP) is 2.47. The fourth-order valence-electron chi connectivity index (χ4n) is 2.61. The molecular formula is C16H19F3N4OS. The first kappa shape index (κ1) is 19.4. The van der Waals surface area contributed by atoms with E-state index in [4.69, 9.17) is 16.2 Å². The Morgan fingerprint density at radius 1 is 1.60 bits per heavy atom. The van der Waals surface area contributed by atoms with Crippen molar-refractivity contribution in [1.82, 2.24) is 0 Å². The highest BCUT2D eigenvalue weighted by Crippen LogP contribution is 2.42. The highest BCUT2D eigenvalue weighted by molar-refractivity contribution is 7.80. The van der Waals surface area contributed by atoms with Crippen molar-refractivity contribution in [2.75, 3.05) is 18.1 Å². The van der Waals surface area contributed by atoms with Crippen LogP contribution in [0.1, 0.15) is 18.9 Å². The molecule has 9 heteroatoms. The molecule has 4 N–H and O–H groups in total. The maximum atomic E-state index is 14.4. The number of anilines is 1. The van der Waals surface area contributed by atoms with Crippen molar-refractivity contribution in [1.29, 1.82) is 5.26 Å². The van der Waals surface area contributed by atoms with Crippen LogP contribution in [0.2, 0.25) is 0 Å². The van der Waals surface area contributed by atoms with Crippen molar-refractivity contribution in [3.05, 3.63) is 29.6 Å². The zero-order valence-electron chi connectivity index (χ0n) is 13.5. The number of nitrogens with zero attached hydrogens (tertiary/aromatic N) is 2. The second-order valence-corrected chi connectivity index (χ2v) is 6.57. The van der Waals surface area contributed by atoms with Crippen molar-refractivity contribution in [2.45, 2.75) is 31.4 Å². The molecular weight excluding hydrogens is 353 g/mol. The van der Waals surface area contributed by atoms with Crippen LogP contribution in [-0.2, 0) is 10.3 Å². The number of rotatable bonds is 5. The quantitative estimate of drug-likeness (QED) is 0.320. The molecule has 1 saturated heterocycles. The third kappa shape index (κ3) is 3.70. The van der Waals surface area contributed by atoms with Gasteiger partial charge in [-0.1, -0.05) is 0 Å². The van der Waals surface area contributed by atoms with E-state index in [0.29, 0.717) is 0 Å². The lowest BCUT2D eigenvalue weighted by molar-refractivity contribution is -0.0225. The number of halogens is 3. The third-order valence-corrected chi connectivity index (χ3v) is 4.94. The van der Waals surface area contributed by atoms with Gasteiger partial charge < -0.3 is 16.2 Å². The highest BCUT2D eigenvalue weighted by atomic mass is 32.1. The van der Waals surface area contributed by atoms with Crippen LogP contribution < -0.4 is 11.5 Å². The SMILES string of the molecule is CC(C#N)(CS)C(N)=N[C@@]1(c2cc(N)ccc2F)CO[C@H](C(F)F)C1. The van der Waals surface area contributed by atoms with Gasteiger partial charge in [0.15, 0.2) is 0 Å². The first-order valence-electron chi connectivity index (χ1n) is 7.50. The van der Waals surface area contributed by atoms with Gasteiger partial charge in [-0.25, -0.2) is 13.2 Å². The van der Waals surface area contributed by atoms with Gasteiger partial charge in [-0.3, -0.25) is 4.99 Å². The number of hydrogen-bond acceptors (Lipinski definition) is 5. The summed E-state index contributed by atoms with van der Waals surface area (Å²) in [5.41, 5.74) is 9.24. The Morgan fingerprint density at radius 2 is 2.28 bits per heavy atom. The zero-order valence-corrected chi connectivity index (χ0v) is 14.4. The molecule has 0 aliphatic carbocycles. The minimum Gasteiger partial charge on any atom is -0.399 e. The molecule has 1 aromatic carbocycles. The summed E-state index contributed by atoms with van der Waals surface area (Å²) in [4.78, 5) is 4.30. The van der Waals surface area contributed by atoms with E-state index in [1.165, 1.54) is 19.1 Å². The number of hydrogen-bond donors (Lipinski definition) is 3. The molecule has 0 amide bonds. The van der Waals surface area contributed by atoms with Crippen molar-refractivity contribution < 1.29 is 17.9 Å². The van der Waals surface area contributed by atoms with Crippen LogP contribution in [0.15, 0.2) is 23.2 Å². The summed E-state index contributed by atoms with van der Waals surface area (Å²) in [6.45, 7) is 1.22. The first-order valence-corrected chi connectivity index (χ1v) is 8.14. The number of ether oxygens (including phenoxy) is 1. The second-order valence-electron chi connectivity index (χ2n) is 6.26. The fourth-order valence-corrected chi connectivity index (χ4v) is 2.84. The van der Waals surface area contributed by atoms with E-state index in [9.17, 15) is 18.4 Å². The molecule has 0 spiro atoms. The standard InChI is InChI=1S/C16H19F3N4OS/c1-15(6-20,8-25)14(22)23-16(5-12(13(18)19)24-7-16)10-4-9(21)2-3-11(10)17/h2-4,12-13,25H,5,7-8,21H2,1H3,(H2,22,23)/t12-,15?,16+/m0/s1.